The highest BCUT2D eigenvalue weighted by molar-refractivity contribution is 5.88. The number of unbranched alkanes of at least 4 members (excludes halogenated alkanes) is 1. The Morgan fingerprint density at radius 2 is 1.90 bits per heavy atom. The Balaban J connectivity index is 1.98. The molecule has 2 aromatic rings. The predicted molar refractivity (Wildman–Crippen MR) is 118 cm³/mol. The summed E-state index contributed by atoms with van der Waals surface area (Å²) >= 11 is 0. The zero-order valence-electron chi connectivity index (χ0n) is 18.1. The molecule has 7 heteroatoms. The molecule has 1 saturated heterocycles. The van der Waals surface area contributed by atoms with Gasteiger partial charge in [-0.3, -0.25) is 13.9 Å². The molecular weight excluding hydrogens is 380 g/mol. The zero-order chi connectivity index (χ0) is 21.3. The minimum absolute atomic E-state index is 0.247. The third kappa shape index (κ3) is 3.46. The Hall–Kier alpha value is -2.83. The molecule has 0 N–H and O–H groups in total. The van der Waals surface area contributed by atoms with Crippen LogP contribution in [0.3, 0.4) is 0 Å². The van der Waals surface area contributed by atoms with Gasteiger partial charge in [0.15, 0.2) is 0 Å². The van der Waals surface area contributed by atoms with Crippen molar-refractivity contribution in [3.05, 3.63) is 56.2 Å². The minimum atomic E-state index is -0.285. The molecule has 0 bridgehead atoms. The number of nitrogens with zero attached hydrogens (tertiary/aromatic N) is 4. The molecular formula is C23H30N4O3. The Morgan fingerprint density at radius 3 is 2.60 bits per heavy atom. The van der Waals surface area contributed by atoms with Gasteiger partial charge < -0.3 is 9.64 Å². The van der Waals surface area contributed by atoms with Crippen LogP contribution in [-0.2, 0) is 13.6 Å². The molecule has 3 heterocycles. The summed E-state index contributed by atoms with van der Waals surface area (Å²) < 4.78 is 8.27. The lowest BCUT2D eigenvalue weighted by Gasteiger charge is -2.38. The Morgan fingerprint density at radius 1 is 1.13 bits per heavy atom. The summed E-state index contributed by atoms with van der Waals surface area (Å²) in [5.74, 6) is 2.31. The summed E-state index contributed by atoms with van der Waals surface area (Å²) in [6.07, 6.45) is 5.98. The van der Waals surface area contributed by atoms with Gasteiger partial charge in [0, 0.05) is 26.6 Å². The second kappa shape index (κ2) is 8.50. The normalized spacial score (nSPS) is 18.3. The second-order valence-electron chi connectivity index (χ2n) is 8.10. The molecule has 7 nitrogen and oxygen atoms in total. The lowest BCUT2D eigenvalue weighted by atomic mass is 9.95. The van der Waals surface area contributed by atoms with E-state index in [-0.39, 0.29) is 17.3 Å². The molecule has 4 rings (SSSR count). The lowest BCUT2D eigenvalue weighted by molar-refractivity contribution is 0.340. The number of benzene rings is 1. The topological polar surface area (TPSA) is 68.8 Å². The number of amidine groups is 1. The molecule has 160 valence electrons. The maximum atomic E-state index is 13.4. The van der Waals surface area contributed by atoms with Gasteiger partial charge in [-0.2, -0.15) is 0 Å². The van der Waals surface area contributed by atoms with Gasteiger partial charge in [0.25, 0.3) is 5.56 Å². The molecule has 0 aliphatic carbocycles. The Kier molecular flexibility index (Phi) is 5.79. The molecule has 2 aliphatic heterocycles. The van der Waals surface area contributed by atoms with E-state index in [0.29, 0.717) is 17.9 Å². The van der Waals surface area contributed by atoms with Crippen LogP contribution in [0.2, 0.25) is 0 Å². The molecule has 1 aromatic carbocycles. The van der Waals surface area contributed by atoms with Crippen LogP contribution in [0, 0.1) is 0 Å². The van der Waals surface area contributed by atoms with E-state index in [1.54, 1.807) is 18.7 Å². The molecule has 1 aromatic heterocycles. The van der Waals surface area contributed by atoms with Crippen LogP contribution in [0.5, 0.6) is 5.75 Å². The number of aliphatic imine (C=N–C) groups is 1. The Labute approximate surface area is 176 Å². The van der Waals surface area contributed by atoms with Crippen LogP contribution < -0.4 is 16.0 Å². The summed E-state index contributed by atoms with van der Waals surface area (Å²) in [4.78, 5) is 33.5. The summed E-state index contributed by atoms with van der Waals surface area (Å²) in [6.45, 7) is 3.52. The zero-order valence-corrected chi connectivity index (χ0v) is 18.1. The average molecular weight is 411 g/mol. The van der Waals surface area contributed by atoms with Gasteiger partial charge in [0.05, 0.1) is 18.7 Å². The molecule has 0 radical (unpaired) electrons. The van der Waals surface area contributed by atoms with Gasteiger partial charge in [0.2, 0.25) is 0 Å². The van der Waals surface area contributed by atoms with E-state index in [0.717, 1.165) is 62.2 Å². The van der Waals surface area contributed by atoms with Gasteiger partial charge in [-0.05, 0) is 37.0 Å². The van der Waals surface area contributed by atoms with Crippen molar-refractivity contribution in [1.29, 1.82) is 0 Å². The highest BCUT2D eigenvalue weighted by Gasteiger charge is 2.36. The molecule has 0 saturated carbocycles. The van der Waals surface area contributed by atoms with E-state index in [1.807, 2.05) is 24.3 Å². The Bertz CT molecular complexity index is 1070. The maximum Gasteiger partial charge on any atom is 0.332 e. The summed E-state index contributed by atoms with van der Waals surface area (Å²) in [5.41, 5.74) is 1.08. The second-order valence-corrected chi connectivity index (χ2v) is 8.10. The standard InChI is InChI=1S/C23H30N4O3/c1-4-5-14-27-21-19(22(28)25(2)23(27)29)20(16-10-12-17(30-3)13-11-16)26-15-8-6-7-9-18(26)24-21/h10-13,20H,4-9,14-15H2,1-3H3/t20-/m0/s1. The molecule has 1 fully saturated rings. The highest BCUT2D eigenvalue weighted by Crippen LogP contribution is 2.39. The van der Waals surface area contributed by atoms with Crippen molar-refractivity contribution in [2.45, 2.75) is 58.0 Å². The van der Waals surface area contributed by atoms with Crippen molar-refractivity contribution in [2.24, 2.45) is 12.0 Å². The first-order valence-corrected chi connectivity index (χ1v) is 10.9. The smallest absolute Gasteiger partial charge is 0.332 e. The van der Waals surface area contributed by atoms with Crippen molar-refractivity contribution < 1.29 is 4.74 Å². The van der Waals surface area contributed by atoms with Crippen molar-refractivity contribution >= 4 is 11.7 Å². The average Bonchev–Trinajstić information content (AvgIpc) is 3.02. The highest BCUT2D eigenvalue weighted by atomic mass is 16.5. The first-order chi connectivity index (χ1) is 14.6. The number of methoxy groups -OCH3 is 1. The number of fused-ring (bicyclic) bond motifs is 2. The monoisotopic (exact) mass is 410 g/mol. The van der Waals surface area contributed by atoms with E-state index < -0.39 is 0 Å². The third-order valence-corrected chi connectivity index (χ3v) is 6.17. The van der Waals surface area contributed by atoms with Gasteiger partial charge in [-0.15, -0.1) is 0 Å². The van der Waals surface area contributed by atoms with E-state index in [9.17, 15) is 9.59 Å². The fourth-order valence-corrected chi connectivity index (χ4v) is 4.48. The van der Waals surface area contributed by atoms with E-state index >= 15 is 0 Å². The molecule has 0 spiro atoms. The molecule has 1 atom stereocenters. The van der Waals surface area contributed by atoms with E-state index in [2.05, 4.69) is 11.8 Å². The van der Waals surface area contributed by atoms with E-state index in [4.69, 9.17) is 9.73 Å². The number of hydrogen-bond donors (Lipinski definition) is 0. The third-order valence-electron chi connectivity index (χ3n) is 6.17. The van der Waals surface area contributed by atoms with Crippen LogP contribution in [0.1, 0.15) is 62.6 Å². The van der Waals surface area contributed by atoms with Gasteiger partial charge >= 0.3 is 5.69 Å². The van der Waals surface area contributed by atoms with E-state index in [1.165, 1.54) is 4.57 Å². The quantitative estimate of drug-likeness (QED) is 0.758. The predicted octanol–water partition coefficient (Wildman–Crippen LogP) is 3.36. The van der Waals surface area contributed by atoms with Crippen molar-refractivity contribution in [2.75, 3.05) is 13.7 Å². The van der Waals surface area contributed by atoms with Gasteiger partial charge in [-0.1, -0.05) is 31.9 Å². The number of aromatic nitrogens is 2. The number of rotatable bonds is 5. The largest absolute Gasteiger partial charge is 0.497 e. The molecule has 2 aliphatic rings. The van der Waals surface area contributed by atoms with Crippen LogP contribution in [0.25, 0.3) is 0 Å². The van der Waals surface area contributed by atoms with Crippen LogP contribution in [0.15, 0.2) is 38.8 Å². The van der Waals surface area contributed by atoms with Crippen LogP contribution in [-0.4, -0.2) is 33.5 Å². The fourth-order valence-electron chi connectivity index (χ4n) is 4.48. The SMILES string of the molecule is CCCCn1c2c(c(=O)n(C)c1=O)[C@H](c1ccc(OC)cc1)N1CCCCCC1=N2. The van der Waals surface area contributed by atoms with Crippen molar-refractivity contribution in [3.63, 3.8) is 0 Å². The summed E-state index contributed by atoms with van der Waals surface area (Å²) in [6, 6.07) is 7.64. The van der Waals surface area contributed by atoms with Crippen LogP contribution >= 0.6 is 0 Å². The van der Waals surface area contributed by atoms with Crippen LogP contribution in [0.4, 0.5) is 5.82 Å². The maximum absolute atomic E-state index is 13.4. The minimum Gasteiger partial charge on any atom is -0.497 e. The summed E-state index contributed by atoms with van der Waals surface area (Å²) in [5, 5.41) is 0. The number of hydrogen-bond acceptors (Lipinski definition) is 5. The summed E-state index contributed by atoms with van der Waals surface area (Å²) in [7, 11) is 3.22. The fraction of sp³-hybridized carbons (Fsp3) is 0.522. The molecule has 30 heavy (non-hydrogen) atoms. The van der Waals surface area contributed by atoms with Gasteiger partial charge in [0.1, 0.15) is 17.4 Å². The first kappa shape index (κ1) is 20.4. The molecule has 0 unspecified atom stereocenters. The van der Waals surface area contributed by atoms with Crippen molar-refractivity contribution in [3.8, 4) is 5.75 Å². The van der Waals surface area contributed by atoms with Crippen molar-refractivity contribution in [1.82, 2.24) is 14.0 Å². The first-order valence-electron chi connectivity index (χ1n) is 10.9. The molecule has 0 amide bonds. The number of ether oxygens (including phenoxy) is 1. The lowest BCUT2D eigenvalue weighted by Crippen LogP contribution is -2.47. The van der Waals surface area contributed by atoms with Gasteiger partial charge in [-0.25, -0.2) is 9.79 Å².